The molecule has 0 bridgehead atoms. The van der Waals surface area contributed by atoms with Gasteiger partial charge in [-0.3, -0.25) is 4.72 Å². The van der Waals surface area contributed by atoms with Crippen LogP contribution in [0.2, 0.25) is 0 Å². The summed E-state index contributed by atoms with van der Waals surface area (Å²) in [7, 11) is -3.63. The maximum absolute atomic E-state index is 12.8. The molecule has 0 aromatic heterocycles. The van der Waals surface area contributed by atoms with Crippen molar-refractivity contribution in [3.05, 3.63) is 29.8 Å². The molecule has 0 unspecified atom stereocenters. The van der Waals surface area contributed by atoms with Gasteiger partial charge in [-0.1, -0.05) is 0 Å². The minimum Gasteiger partial charge on any atom is -0.396 e. The maximum atomic E-state index is 12.8. The van der Waals surface area contributed by atoms with E-state index in [9.17, 15) is 17.2 Å². The van der Waals surface area contributed by atoms with Crippen LogP contribution in [0.3, 0.4) is 0 Å². The molecular weight excluding hydrogens is 240 g/mol. The van der Waals surface area contributed by atoms with Crippen LogP contribution in [0.25, 0.3) is 0 Å². The average Bonchev–Trinajstić information content (AvgIpc) is 2.20. The molecule has 4 nitrogen and oxygen atoms in total. The smallest absolute Gasteiger partial charge is 0.232 e. The monoisotopic (exact) mass is 251 g/mol. The summed E-state index contributed by atoms with van der Waals surface area (Å²) in [5.41, 5.74) is -0.0446. The van der Waals surface area contributed by atoms with Crippen LogP contribution >= 0.6 is 0 Å². The van der Waals surface area contributed by atoms with Crippen molar-refractivity contribution < 1.29 is 22.3 Å². The fraction of sp³-hybridized carbons (Fsp3) is 0.333. The van der Waals surface area contributed by atoms with Gasteiger partial charge in [0.2, 0.25) is 10.0 Å². The van der Waals surface area contributed by atoms with Gasteiger partial charge in [-0.05, 0) is 18.6 Å². The van der Waals surface area contributed by atoms with Crippen LogP contribution in [0.4, 0.5) is 14.5 Å². The molecule has 2 N–H and O–H groups in total. The van der Waals surface area contributed by atoms with Crippen LogP contribution in [0.15, 0.2) is 18.2 Å². The summed E-state index contributed by atoms with van der Waals surface area (Å²) in [6.07, 6.45) is 0.0824. The molecule has 0 fully saturated rings. The topological polar surface area (TPSA) is 66.4 Å². The largest absolute Gasteiger partial charge is 0.396 e. The van der Waals surface area contributed by atoms with Crippen LogP contribution in [-0.4, -0.2) is 25.9 Å². The summed E-state index contributed by atoms with van der Waals surface area (Å²) < 4.78 is 50.0. The summed E-state index contributed by atoms with van der Waals surface area (Å²) in [6, 6.07) is 2.71. The molecule has 0 saturated heterocycles. The lowest BCUT2D eigenvalue weighted by atomic mass is 10.3. The van der Waals surface area contributed by atoms with Crippen molar-refractivity contribution in [2.24, 2.45) is 0 Å². The number of anilines is 1. The Labute approximate surface area is 92.0 Å². The predicted octanol–water partition coefficient (Wildman–Crippen LogP) is 1.09. The second-order valence-corrected chi connectivity index (χ2v) is 4.97. The molecule has 0 amide bonds. The first-order chi connectivity index (χ1) is 7.44. The maximum Gasteiger partial charge on any atom is 0.232 e. The summed E-state index contributed by atoms with van der Waals surface area (Å²) >= 11 is 0. The van der Waals surface area contributed by atoms with Gasteiger partial charge in [0.1, 0.15) is 0 Å². The Morgan fingerprint density at radius 3 is 2.50 bits per heavy atom. The lowest BCUT2D eigenvalue weighted by molar-refractivity contribution is 0.295. The summed E-state index contributed by atoms with van der Waals surface area (Å²) in [5.74, 6) is -2.44. The molecular formula is C9H11F2NO3S. The van der Waals surface area contributed by atoms with Gasteiger partial charge < -0.3 is 5.11 Å². The molecule has 16 heavy (non-hydrogen) atoms. The zero-order valence-electron chi connectivity index (χ0n) is 8.28. The molecule has 0 aliphatic carbocycles. The molecule has 7 heteroatoms. The number of benzene rings is 1. The van der Waals surface area contributed by atoms with E-state index >= 15 is 0 Å². The quantitative estimate of drug-likeness (QED) is 0.823. The molecule has 1 rings (SSSR count). The van der Waals surface area contributed by atoms with Gasteiger partial charge in [0.25, 0.3) is 0 Å². The van der Waals surface area contributed by atoms with Gasteiger partial charge in [0.05, 0.1) is 11.4 Å². The van der Waals surface area contributed by atoms with Crippen LogP contribution < -0.4 is 4.72 Å². The van der Waals surface area contributed by atoms with Crippen molar-refractivity contribution in [3.8, 4) is 0 Å². The van der Waals surface area contributed by atoms with E-state index in [1.54, 1.807) is 0 Å². The zero-order chi connectivity index (χ0) is 12.2. The Balaban J connectivity index is 2.76. The lowest BCUT2D eigenvalue weighted by Gasteiger charge is -2.07. The summed E-state index contributed by atoms with van der Waals surface area (Å²) in [4.78, 5) is 0. The van der Waals surface area contributed by atoms with E-state index < -0.39 is 21.7 Å². The number of rotatable bonds is 5. The van der Waals surface area contributed by atoms with E-state index in [0.717, 1.165) is 18.2 Å². The normalized spacial score (nSPS) is 11.4. The molecule has 1 aromatic rings. The minimum absolute atomic E-state index is 0.0446. The second-order valence-electron chi connectivity index (χ2n) is 3.13. The van der Waals surface area contributed by atoms with Gasteiger partial charge in [-0.15, -0.1) is 0 Å². The van der Waals surface area contributed by atoms with Crippen molar-refractivity contribution in [1.29, 1.82) is 0 Å². The minimum atomic E-state index is -3.63. The molecule has 0 atom stereocenters. The summed E-state index contributed by atoms with van der Waals surface area (Å²) in [6.45, 7) is -0.251. The van der Waals surface area contributed by atoms with E-state index in [-0.39, 0.29) is 24.5 Å². The van der Waals surface area contributed by atoms with Gasteiger partial charge >= 0.3 is 0 Å². The molecule has 0 heterocycles. The Morgan fingerprint density at radius 1 is 1.25 bits per heavy atom. The van der Waals surface area contributed by atoms with Gasteiger partial charge in [-0.25, -0.2) is 17.2 Å². The Morgan fingerprint density at radius 2 is 1.94 bits per heavy atom. The van der Waals surface area contributed by atoms with Crippen molar-refractivity contribution in [2.75, 3.05) is 17.1 Å². The molecule has 90 valence electrons. The first kappa shape index (κ1) is 12.9. The van der Waals surface area contributed by atoms with Gasteiger partial charge in [-0.2, -0.15) is 0 Å². The second kappa shape index (κ2) is 5.22. The van der Waals surface area contributed by atoms with Crippen LogP contribution in [-0.2, 0) is 10.0 Å². The van der Waals surface area contributed by atoms with Crippen LogP contribution in [0.1, 0.15) is 6.42 Å². The number of sulfonamides is 1. The highest BCUT2D eigenvalue weighted by atomic mass is 32.2. The molecule has 0 radical (unpaired) electrons. The number of halogens is 2. The van der Waals surface area contributed by atoms with Crippen LogP contribution in [0.5, 0.6) is 0 Å². The van der Waals surface area contributed by atoms with E-state index in [4.69, 9.17) is 5.11 Å². The number of aliphatic hydroxyl groups is 1. The Bertz CT molecular complexity index is 462. The zero-order valence-corrected chi connectivity index (χ0v) is 9.10. The highest BCUT2D eigenvalue weighted by molar-refractivity contribution is 7.92. The SMILES string of the molecule is O=S(=O)(CCCO)Nc1ccc(F)c(F)c1. The highest BCUT2D eigenvalue weighted by Crippen LogP contribution is 2.14. The standard InChI is InChI=1S/C9H11F2NO3S/c10-8-3-2-7(6-9(8)11)12-16(14,15)5-1-4-13/h2-3,6,12-13H,1,4-5H2. The molecule has 0 spiro atoms. The van der Waals surface area contributed by atoms with Crippen LogP contribution in [0, 0.1) is 11.6 Å². The van der Waals surface area contributed by atoms with E-state index in [1.165, 1.54) is 0 Å². The van der Waals surface area contributed by atoms with E-state index in [2.05, 4.69) is 4.72 Å². The molecule has 0 aliphatic heterocycles. The van der Waals surface area contributed by atoms with Crippen molar-refractivity contribution in [3.63, 3.8) is 0 Å². The fourth-order valence-electron chi connectivity index (χ4n) is 1.04. The third kappa shape index (κ3) is 3.74. The third-order valence-corrected chi connectivity index (χ3v) is 3.14. The summed E-state index contributed by atoms with van der Waals surface area (Å²) in [5, 5.41) is 8.47. The third-order valence-electron chi connectivity index (χ3n) is 1.76. The number of hydrogen-bond acceptors (Lipinski definition) is 3. The fourth-order valence-corrected chi connectivity index (χ4v) is 2.14. The highest BCUT2D eigenvalue weighted by Gasteiger charge is 2.11. The van der Waals surface area contributed by atoms with E-state index in [0.29, 0.717) is 0 Å². The number of nitrogens with one attached hydrogen (secondary N) is 1. The Hall–Kier alpha value is -1.21. The van der Waals surface area contributed by atoms with Crippen molar-refractivity contribution in [1.82, 2.24) is 0 Å². The first-order valence-electron chi connectivity index (χ1n) is 4.51. The predicted molar refractivity (Wildman–Crippen MR) is 55.5 cm³/mol. The lowest BCUT2D eigenvalue weighted by Crippen LogP contribution is -2.17. The van der Waals surface area contributed by atoms with E-state index in [1.807, 2.05) is 0 Å². The van der Waals surface area contributed by atoms with Gasteiger partial charge in [0, 0.05) is 12.7 Å². The van der Waals surface area contributed by atoms with Crippen molar-refractivity contribution >= 4 is 15.7 Å². The van der Waals surface area contributed by atoms with Crippen molar-refractivity contribution in [2.45, 2.75) is 6.42 Å². The van der Waals surface area contributed by atoms with Gasteiger partial charge in [0.15, 0.2) is 11.6 Å². The number of hydrogen-bond donors (Lipinski definition) is 2. The average molecular weight is 251 g/mol. The Kier molecular flexibility index (Phi) is 4.19. The molecule has 0 aliphatic rings. The molecule has 1 aromatic carbocycles. The number of aliphatic hydroxyl groups excluding tert-OH is 1. The first-order valence-corrected chi connectivity index (χ1v) is 6.16. The molecule has 0 saturated carbocycles.